The molecule has 0 bridgehead atoms. The number of hydrogen-bond acceptors (Lipinski definition) is 0. The summed E-state index contributed by atoms with van der Waals surface area (Å²) in [5.41, 5.74) is 0. The van der Waals surface area contributed by atoms with Gasteiger partial charge in [-0.15, -0.1) is 0 Å². The molecular weight excluding hydrogens is 144 g/mol. The molecule has 0 N–H and O–H groups in total. The maximum Gasteiger partial charge on any atom is -0.0331 e. The van der Waals surface area contributed by atoms with Gasteiger partial charge in [-0.3, -0.25) is 0 Å². The second-order valence-electron chi connectivity index (χ2n) is 5.29. The highest BCUT2D eigenvalue weighted by Gasteiger charge is 2.48. The van der Waals surface area contributed by atoms with Gasteiger partial charge in [0.1, 0.15) is 0 Å². The number of rotatable bonds is 1. The minimum absolute atomic E-state index is 0.930. The van der Waals surface area contributed by atoms with E-state index in [1.165, 1.54) is 25.7 Å². The summed E-state index contributed by atoms with van der Waals surface area (Å²) in [6.07, 6.45) is 6.10. The van der Waals surface area contributed by atoms with Crippen molar-refractivity contribution in [2.24, 2.45) is 29.6 Å². The molecule has 0 aromatic rings. The molecule has 2 rings (SSSR count). The molecule has 0 spiro atoms. The molecule has 2 aliphatic carbocycles. The molecule has 0 amide bonds. The fourth-order valence-corrected chi connectivity index (χ4v) is 3.95. The Balaban J connectivity index is 2.00. The van der Waals surface area contributed by atoms with Crippen molar-refractivity contribution >= 4 is 0 Å². The Kier molecular flexibility index (Phi) is 2.18. The average Bonchev–Trinajstić information content (AvgIpc) is 2.03. The second kappa shape index (κ2) is 3.05. The van der Waals surface area contributed by atoms with E-state index in [-0.39, 0.29) is 0 Å². The molecule has 0 aliphatic heterocycles. The van der Waals surface area contributed by atoms with Crippen molar-refractivity contribution in [2.75, 3.05) is 0 Å². The topological polar surface area (TPSA) is 0 Å². The minimum atomic E-state index is 0.930. The number of fused-ring (bicyclic) bond motifs is 1. The third kappa shape index (κ3) is 1.11. The second-order valence-corrected chi connectivity index (χ2v) is 5.29. The first kappa shape index (κ1) is 8.59. The van der Waals surface area contributed by atoms with Gasteiger partial charge >= 0.3 is 0 Å². The molecule has 0 aromatic carbocycles. The van der Waals surface area contributed by atoms with Gasteiger partial charge in [0, 0.05) is 0 Å². The van der Waals surface area contributed by atoms with Crippen LogP contribution >= 0.6 is 0 Å². The Morgan fingerprint density at radius 3 is 2.17 bits per heavy atom. The van der Waals surface area contributed by atoms with Gasteiger partial charge < -0.3 is 0 Å². The summed E-state index contributed by atoms with van der Waals surface area (Å²) >= 11 is 0. The zero-order chi connectivity index (χ0) is 8.72. The van der Waals surface area contributed by atoms with Gasteiger partial charge in [-0.1, -0.05) is 33.6 Å². The van der Waals surface area contributed by atoms with Gasteiger partial charge in [0.05, 0.1) is 0 Å². The summed E-state index contributed by atoms with van der Waals surface area (Å²) in [5, 5.41) is 0. The molecule has 4 atom stereocenters. The van der Waals surface area contributed by atoms with Crippen molar-refractivity contribution in [3.8, 4) is 0 Å². The summed E-state index contributed by atoms with van der Waals surface area (Å²) in [7, 11) is 0. The van der Waals surface area contributed by atoms with Gasteiger partial charge in [-0.25, -0.2) is 0 Å². The summed E-state index contributed by atoms with van der Waals surface area (Å²) in [6, 6.07) is 0. The Hall–Kier alpha value is 0. The Morgan fingerprint density at radius 1 is 1.00 bits per heavy atom. The first-order valence-electron chi connectivity index (χ1n) is 5.72. The van der Waals surface area contributed by atoms with Crippen LogP contribution < -0.4 is 0 Å². The van der Waals surface area contributed by atoms with Crippen molar-refractivity contribution in [1.29, 1.82) is 0 Å². The summed E-state index contributed by atoms with van der Waals surface area (Å²) in [4.78, 5) is 0. The predicted octanol–water partition coefficient (Wildman–Crippen LogP) is 3.71. The molecule has 0 nitrogen and oxygen atoms in total. The van der Waals surface area contributed by atoms with Crippen molar-refractivity contribution in [2.45, 2.75) is 46.5 Å². The SMILES string of the molecule is CC(C)C1C(C)C2CCCCC21. The van der Waals surface area contributed by atoms with E-state index >= 15 is 0 Å². The van der Waals surface area contributed by atoms with Crippen molar-refractivity contribution in [3.63, 3.8) is 0 Å². The molecule has 0 radical (unpaired) electrons. The highest BCUT2D eigenvalue weighted by atomic mass is 14.5. The predicted molar refractivity (Wildman–Crippen MR) is 52.9 cm³/mol. The fourth-order valence-electron chi connectivity index (χ4n) is 3.95. The molecule has 2 saturated carbocycles. The molecule has 12 heavy (non-hydrogen) atoms. The Labute approximate surface area is 76.7 Å². The van der Waals surface area contributed by atoms with Crippen LogP contribution in [0.1, 0.15) is 46.5 Å². The summed E-state index contributed by atoms with van der Waals surface area (Å²) in [5.74, 6) is 5.27. The molecule has 0 heteroatoms. The smallest absolute Gasteiger partial charge is 0.0331 e. The summed E-state index contributed by atoms with van der Waals surface area (Å²) < 4.78 is 0. The van der Waals surface area contributed by atoms with Crippen LogP contribution in [0.3, 0.4) is 0 Å². The van der Waals surface area contributed by atoms with Crippen LogP contribution in [0.15, 0.2) is 0 Å². The fraction of sp³-hybridized carbons (Fsp3) is 1.00. The zero-order valence-corrected chi connectivity index (χ0v) is 8.72. The molecular formula is C12H22. The first-order chi connectivity index (χ1) is 5.72. The lowest BCUT2D eigenvalue weighted by molar-refractivity contribution is -0.0677. The van der Waals surface area contributed by atoms with E-state index in [0.717, 1.165) is 29.6 Å². The highest BCUT2D eigenvalue weighted by molar-refractivity contribution is 4.97. The lowest BCUT2D eigenvalue weighted by atomic mass is 9.50. The van der Waals surface area contributed by atoms with Crippen molar-refractivity contribution < 1.29 is 0 Å². The van der Waals surface area contributed by atoms with Crippen molar-refractivity contribution in [1.82, 2.24) is 0 Å². The van der Waals surface area contributed by atoms with Crippen LogP contribution in [0.25, 0.3) is 0 Å². The van der Waals surface area contributed by atoms with Crippen LogP contribution in [-0.4, -0.2) is 0 Å². The maximum absolute atomic E-state index is 2.48. The quantitative estimate of drug-likeness (QED) is 0.557. The molecule has 2 aliphatic rings. The molecule has 70 valence electrons. The van der Waals surface area contributed by atoms with E-state index in [2.05, 4.69) is 20.8 Å². The van der Waals surface area contributed by atoms with Crippen LogP contribution in [0.5, 0.6) is 0 Å². The van der Waals surface area contributed by atoms with E-state index in [9.17, 15) is 0 Å². The normalized spacial score (nSPS) is 47.0. The highest BCUT2D eigenvalue weighted by Crippen LogP contribution is 2.55. The Bertz CT molecular complexity index is 159. The van der Waals surface area contributed by atoms with Crippen LogP contribution in [0, 0.1) is 29.6 Å². The minimum Gasteiger partial charge on any atom is -0.0625 e. The van der Waals surface area contributed by atoms with Crippen LogP contribution in [-0.2, 0) is 0 Å². The van der Waals surface area contributed by atoms with E-state index in [4.69, 9.17) is 0 Å². The average molecular weight is 166 g/mol. The van der Waals surface area contributed by atoms with Gasteiger partial charge in [0.15, 0.2) is 0 Å². The van der Waals surface area contributed by atoms with Crippen molar-refractivity contribution in [3.05, 3.63) is 0 Å². The lowest BCUT2D eigenvalue weighted by Gasteiger charge is -2.55. The van der Waals surface area contributed by atoms with Gasteiger partial charge in [0.2, 0.25) is 0 Å². The monoisotopic (exact) mass is 166 g/mol. The molecule has 4 unspecified atom stereocenters. The van der Waals surface area contributed by atoms with E-state index in [1.807, 2.05) is 0 Å². The standard InChI is InChI=1S/C12H22/c1-8(2)12-9(3)10-6-4-5-7-11(10)12/h8-12H,4-7H2,1-3H3. The number of hydrogen-bond donors (Lipinski definition) is 0. The van der Waals surface area contributed by atoms with Crippen LogP contribution in [0.4, 0.5) is 0 Å². The lowest BCUT2D eigenvalue weighted by Crippen LogP contribution is -2.49. The van der Waals surface area contributed by atoms with E-state index < -0.39 is 0 Å². The molecule has 2 fully saturated rings. The Morgan fingerprint density at radius 2 is 1.58 bits per heavy atom. The zero-order valence-electron chi connectivity index (χ0n) is 8.72. The van der Waals surface area contributed by atoms with E-state index in [1.54, 1.807) is 0 Å². The molecule has 0 heterocycles. The molecule has 0 aromatic heterocycles. The largest absolute Gasteiger partial charge is 0.0625 e. The third-order valence-corrected chi connectivity index (χ3v) is 4.42. The third-order valence-electron chi connectivity index (χ3n) is 4.42. The molecule has 0 saturated heterocycles. The summed E-state index contributed by atoms with van der Waals surface area (Å²) in [6.45, 7) is 7.30. The van der Waals surface area contributed by atoms with Gasteiger partial charge in [-0.05, 0) is 42.4 Å². The van der Waals surface area contributed by atoms with Crippen LogP contribution in [0.2, 0.25) is 0 Å². The maximum atomic E-state index is 2.48. The first-order valence-corrected chi connectivity index (χ1v) is 5.72. The van der Waals surface area contributed by atoms with Gasteiger partial charge in [-0.2, -0.15) is 0 Å². The van der Waals surface area contributed by atoms with E-state index in [0.29, 0.717) is 0 Å². The van der Waals surface area contributed by atoms with Gasteiger partial charge in [0.25, 0.3) is 0 Å².